The zero-order valence-corrected chi connectivity index (χ0v) is 8.96. The van der Waals surface area contributed by atoms with Crippen LogP contribution in [0.1, 0.15) is 34.6 Å². The molecule has 0 spiro atoms. The van der Waals surface area contributed by atoms with Gasteiger partial charge in [0.2, 0.25) is 0 Å². The van der Waals surface area contributed by atoms with Gasteiger partial charge >= 0.3 is 0 Å². The van der Waals surface area contributed by atoms with Gasteiger partial charge in [-0.25, -0.2) is 0 Å². The minimum Gasteiger partial charge on any atom is -0.314 e. The van der Waals surface area contributed by atoms with Gasteiger partial charge in [-0.05, 0) is 0 Å². The van der Waals surface area contributed by atoms with E-state index in [2.05, 4.69) is 34.6 Å². The summed E-state index contributed by atoms with van der Waals surface area (Å²) in [7, 11) is 0. The maximum absolute atomic E-state index is 2.22. The molecule has 0 heterocycles. The van der Waals surface area contributed by atoms with Crippen molar-refractivity contribution in [3.8, 4) is 0 Å². The quantitative estimate of drug-likeness (QED) is 0.515. The van der Waals surface area contributed by atoms with Gasteiger partial charge in [0.15, 0.2) is 0 Å². The Labute approximate surface area is 72.2 Å². The Morgan fingerprint density at radius 2 is 1.12 bits per heavy atom. The van der Waals surface area contributed by atoms with Crippen LogP contribution in [-0.2, 0) is 26.2 Å². The topological polar surface area (TPSA) is 0 Å². The molecule has 0 aromatic rings. The van der Waals surface area contributed by atoms with Gasteiger partial charge in [-0.3, -0.25) is 0 Å². The predicted octanol–water partition coefficient (Wildman–Crippen LogP) is 2.64. The van der Waals surface area contributed by atoms with Crippen molar-refractivity contribution in [1.29, 1.82) is 0 Å². The second-order valence-corrected chi connectivity index (χ2v) is 3.25. The molecule has 0 aromatic heterocycles. The fraction of sp³-hybridized carbons (Fsp3) is 0.857. The van der Waals surface area contributed by atoms with E-state index in [1.165, 1.54) is 5.92 Å². The molecule has 0 aliphatic carbocycles. The van der Waals surface area contributed by atoms with E-state index in [1.807, 2.05) is 0 Å². The second kappa shape index (κ2) is 3.82. The molecule has 0 aliphatic rings. The molecule has 0 unspecified atom stereocenters. The molecule has 8 heavy (non-hydrogen) atoms. The Hall–Kier alpha value is 0.883. The monoisotopic (exact) mass is 189 g/mol. The molecule has 0 amide bonds. The molecule has 0 fully saturated rings. The van der Waals surface area contributed by atoms with E-state index in [-0.39, 0.29) is 26.2 Å². The van der Waals surface area contributed by atoms with Gasteiger partial charge in [0.1, 0.15) is 0 Å². The molecule has 48 valence electrons. The van der Waals surface area contributed by atoms with Crippen molar-refractivity contribution >= 4 is 0 Å². The van der Waals surface area contributed by atoms with E-state index in [0.29, 0.717) is 5.41 Å². The molecule has 1 heteroatoms. The van der Waals surface area contributed by atoms with Crippen LogP contribution in [0.4, 0.5) is 0 Å². The average Bonchev–Trinajstić information content (AvgIpc) is 1.31. The van der Waals surface area contributed by atoms with Gasteiger partial charge in [-0.2, -0.15) is 19.3 Å². The minimum atomic E-state index is 0. The van der Waals surface area contributed by atoms with Gasteiger partial charge < -0.3 is 5.92 Å². The third-order valence-electron chi connectivity index (χ3n) is 1.50. The molecule has 0 N–H and O–H groups in total. The molecule has 0 saturated carbocycles. The summed E-state index contributed by atoms with van der Waals surface area (Å²) in [6, 6.07) is 0. The third-order valence-corrected chi connectivity index (χ3v) is 1.50. The maximum atomic E-state index is 2.22. The summed E-state index contributed by atoms with van der Waals surface area (Å²) in [5, 5.41) is 0. The molecule has 0 aromatic carbocycles. The van der Waals surface area contributed by atoms with E-state index in [4.69, 9.17) is 0 Å². The Morgan fingerprint density at radius 1 is 1.00 bits per heavy atom. The first kappa shape index (κ1) is 11.7. The average molecular weight is 190 g/mol. The third kappa shape index (κ3) is 5.03. The van der Waals surface area contributed by atoms with E-state index in [0.717, 1.165) is 0 Å². The van der Waals surface area contributed by atoms with Crippen LogP contribution in [0, 0.1) is 11.3 Å². The van der Waals surface area contributed by atoms with E-state index in [9.17, 15) is 0 Å². The fourth-order valence-corrected chi connectivity index (χ4v) is 0. The van der Waals surface area contributed by atoms with Crippen molar-refractivity contribution in [2.45, 2.75) is 34.6 Å². The Kier molecular flexibility index (Phi) is 5.57. The normalized spacial score (nSPS) is 11.2. The van der Waals surface area contributed by atoms with E-state index in [1.54, 1.807) is 0 Å². The Balaban J connectivity index is 0. The molecule has 0 aliphatic heterocycles. The fourth-order valence-electron chi connectivity index (χ4n) is 0. The van der Waals surface area contributed by atoms with Gasteiger partial charge in [0.25, 0.3) is 0 Å². The van der Waals surface area contributed by atoms with Crippen molar-refractivity contribution in [3.05, 3.63) is 5.92 Å². The summed E-state index contributed by atoms with van der Waals surface area (Å²) in [6.07, 6.45) is 0. The Bertz CT molecular complexity index is 49.9. The van der Waals surface area contributed by atoms with Crippen LogP contribution in [0.5, 0.6) is 0 Å². The summed E-state index contributed by atoms with van der Waals surface area (Å²) < 4.78 is 0. The van der Waals surface area contributed by atoms with Crippen molar-refractivity contribution in [2.75, 3.05) is 0 Å². The molecular formula is C7H15Zr-. The first-order chi connectivity index (χ1) is 2.94. The van der Waals surface area contributed by atoms with Crippen molar-refractivity contribution in [1.82, 2.24) is 0 Å². The summed E-state index contributed by atoms with van der Waals surface area (Å²) in [5.41, 5.74) is 0.417. The summed E-state index contributed by atoms with van der Waals surface area (Å²) in [6.45, 7) is 11.0. The second-order valence-electron chi connectivity index (χ2n) is 3.25. The van der Waals surface area contributed by atoms with Gasteiger partial charge in [0, 0.05) is 26.2 Å². The molecule has 0 radical (unpaired) electrons. The summed E-state index contributed by atoms with van der Waals surface area (Å²) in [5.74, 6) is 1.49. The van der Waals surface area contributed by atoms with Crippen molar-refractivity contribution in [2.24, 2.45) is 5.41 Å². The van der Waals surface area contributed by atoms with Crippen LogP contribution >= 0.6 is 0 Å². The van der Waals surface area contributed by atoms with Crippen molar-refractivity contribution < 1.29 is 26.2 Å². The first-order valence-electron chi connectivity index (χ1n) is 2.75. The van der Waals surface area contributed by atoms with Crippen molar-refractivity contribution in [3.63, 3.8) is 0 Å². The van der Waals surface area contributed by atoms with E-state index >= 15 is 0 Å². The van der Waals surface area contributed by atoms with Gasteiger partial charge in [-0.15, -0.1) is 0 Å². The number of hydrogen-bond acceptors (Lipinski definition) is 0. The molecule has 0 rings (SSSR count). The predicted molar refractivity (Wildman–Crippen MR) is 34.0 cm³/mol. The van der Waals surface area contributed by atoms with E-state index < -0.39 is 0 Å². The SMILES string of the molecule is C[C-](C)C(C)(C)C.[Zr]. The number of rotatable bonds is 0. The standard InChI is InChI=1S/C7H15.Zr/c1-6(2)7(3,4)5;/h1-5H3;/q-1;. The van der Waals surface area contributed by atoms with Crippen LogP contribution in [-0.4, -0.2) is 0 Å². The van der Waals surface area contributed by atoms with Crippen LogP contribution in [0.15, 0.2) is 0 Å². The molecule has 0 saturated heterocycles. The Morgan fingerprint density at radius 3 is 1.12 bits per heavy atom. The van der Waals surface area contributed by atoms with Crippen LogP contribution in [0.2, 0.25) is 0 Å². The minimum absolute atomic E-state index is 0. The zero-order chi connectivity index (χ0) is 6.08. The maximum Gasteiger partial charge on any atom is 0 e. The first-order valence-corrected chi connectivity index (χ1v) is 2.75. The van der Waals surface area contributed by atoms with Crippen LogP contribution in [0.3, 0.4) is 0 Å². The molecule has 0 bridgehead atoms. The summed E-state index contributed by atoms with van der Waals surface area (Å²) >= 11 is 0. The van der Waals surface area contributed by atoms with Crippen LogP contribution < -0.4 is 0 Å². The number of hydrogen-bond donors (Lipinski definition) is 0. The van der Waals surface area contributed by atoms with Crippen LogP contribution in [0.25, 0.3) is 0 Å². The van der Waals surface area contributed by atoms with Gasteiger partial charge in [-0.1, -0.05) is 20.8 Å². The van der Waals surface area contributed by atoms with Gasteiger partial charge in [0.05, 0.1) is 0 Å². The smallest absolute Gasteiger partial charge is 0 e. The summed E-state index contributed by atoms with van der Waals surface area (Å²) in [4.78, 5) is 0. The largest absolute Gasteiger partial charge is 0.314 e. The molecule has 0 atom stereocenters. The molecular weight excluding hydrogens is 175 g/mol. The zero-order valence-electron chi connectivity index (χ0n) is 6.50. The molecule has 0 nitrogen and oxygen atoms in total.